The smallest absolute Gasteiger partial charge is 0.357 e. The second-order valence-electron chi connectivity index (χ2n) is 4.99. The summed E-state index contributed by atoms with van der Waals surface area (Å²) in [5, 5.41) is 10.9. The SMILES string of the molecule is CCCC(C)(CN)[C@@](OCC)(C(=O)O)N(OCC)OCC. The fourth-order valence-electron chi connectivity index (χ4n) is 2.47. The lowest BCUT2D eigenvalue weighted by atomic mass is 9.75. The molecule has 2 atom stereocenters. The van der Waals surface area contributed by atoms with Gasteiger partial charge in [-0.15, -0.1) is 0 Å². The minimum Gasteiger partial charge on any atom is -0.478 e. The number of carbonyl (C=O) groups is 1. The van der Waals surface area contributed by atoms with Crippen LogP contribution in [-0.2, 0) is 19.2 Å². The molecular weight excluding hydrogens is 276 g/mol. The van der Waals surface area contributed by atoms with Crippen LogP contribution in [0.3, 0.4) is 0 Å². The summed E-state index contributed by atoms with van der Waals surface area (Å²) in [5.74, 6) is -1.17. The maximum Gasteiger partial charge on any atom is 0.357 e. The third-order valence-electron chi connectivity index (χ3n) is 3.46. The van der Waals surface area contributed by atoms with E-state index in [0.717, 1.165) is 11.6 Å². The zero-order valence-corrected chi connectivity index (χ0v) is 13.8. The van der Waals surface area contributed by atoms with Gasteiger partial charge < -0.3 is 15.6 Å². The molecule has 0 aliphatic heterocycles. The molecule has 0 radical (unpaired) electrons. The monoisotopic (exact) mass is 306 g/mol. The van der Waals surface area contributed by atoms with Gasteiger partial charge in [0.15, 0.2) is 0 Å². The predicted molar refractivity (Wildman–Crippen MR) is 79.2 cm³/mol. The number of hydroxylamine groups is 2. The number of carboxylic acid groups (broad SMARTS) is 1. The fourth-order valence-corrected chi connectivity index (χ4v) is 2.47. The highest BCUT2D eigenvalue weighted by molar-refractivity contribution is 5.78. The van der Waals surface area contributed by atoms with E-state index < -0.39 is 17.1 Å². The molecule has 0 amide bonds. The molecule has 0 saturated heterocycles. The lowest BCUT2D eigenvalue weighted by Gasteiger charge is -2.48. The molecular formula is C14H30N2O5. The van der Waals surface area contributed by atoms with E-state index in [1.807, 2.05) is 6.92 Å². The molecule has 0 heterocycles. The van der Waals surface area contributed by atoms with Gasteiger partial charge in [0.25, 0.3) is 5.72 Å². The van der Waals surface area contributed by atoms with E-state index >= 15 is 0 Å². The van der Waals surface area contributed by atoms with Crippen molar-refractivity contribution >= 4 is 5.97 Å². The minimum absolute atomic E-state index is 0.129. The Morgan fingerprint density at radius 1 is 1.14 bits per heavy atom. The first-order valence-electron chi connectivity index (χ1n) is 7.53. The summed E-state index contributed by atoms with van der Waals surface area (Å²) < 4.78 is 5.66. The summed E-state index contributed by atoms with van der Waals surface area (Å²) in [6, 6.07) is 0. The van der Waals surface area contributed by atoms with Gasteiger partial charge in [0, 0.05) is 18.6 Å². The Balaban J connectivity index is 5.96. The minimum atomic E-state index is -1.79. The van der Waals surface area contributed by atoms with Crippen LogP contribution in [-0.4, -0.2) is 48.4 Å². The van der Waals surface area contributed by atoms with E-state index in [2.05, 4.69) is 0 Å². The topological polar surface area (TPSA) is 94.2 Å². The number of rotatable bonds is 12. The van der Waals surface area contributed by atoms with Gasteiger partial charge in [0.05, 0.1) is 13.2 Å². The van der Waals surface area contributed by atoms with Gasteiger partial charge in [-0.3, -0.25) is 9.68 Å². The highest BCUT2D eigenvalue weighted by Gasteiger charge is 2.60. The maximum absolute atomic E-state index is 12.1. The highest BCUT2D eigenvalue weighted by atomic mass is 17.0. The van der Waals surface area contributed by atoms with Crippen LogP contribution in [0, 0.1) is 5.41 Å². The summed E-state index contributed by atoms with van der Waals surface area (Å²) >= 11 is 0. The molecule has 126 valence electrons. The number of nitrogens with two attached hydrogens (primary N) is 1. The molecule has 0 rings (SSSR count). The quantitative estimate of drug-likeness (QED) is 0.419. The third-order valence-corrected chi connectivity index (χ3v) is 3.46. The first-order chi connectivity index (χ1) is 9.89. The molecule has 1 unspecified atom stereocenters. The van der Waals surface area contributed by atoms with Crippen LogP contribution in [0.4, 0.5) is 0 Å². The summed E-state index contributed by atoms with van der Waals surface area (Å²) in [6.07, 6.45) is 1.33. The Labute approximate surface area is 127 Å². The van der Waals surface area contributed by atoms with E-state index in [4.69, 9.17) is 20.1 Å². The van der Waals surface area contributed by atoms with Crippen molar-refractivity contribution in [3.8, 4) is 0 Å². The molecule has 0 aromatic heterocycles. The zero-order chi connectivity index (χ0) is 16.5. The highest BCUT2D eigenvalue weighted by Crippen LogP contribution is 2.41. The van der Waals surface area contributed by atoms with E-state index in [-0.39, 0.29) is 26.4 Å². The number of hydrogen-bond donors (Lipinski definition) is 2. The lowest BCUT2D eigenvalue weighted by molar-refractivity contribution is -0.466. The van der Waals surface area contributed by atoms with Crippen LogP contribution < -0.4 is 5.73 Å². The Morgan fingerprint density at radius 2 is 1.67 bits per heavy atom. The van der Waals surface area contributed by atoms with Crippen molar-refractivity contribution in [2.24, 2.45) is 11.1 Å². The molecule has 3 N–H and O–H groups in total. The van der Waals surface area contributed by atoms with E-state index in [1.165, 1.54) is 0 Å². The second-order valence-corrected chi connectivity index (χ2v) is 4.99. The number of hydrogen-bond acceptors (Lipinski definition) is 6. The Bertz CT molecular complexity index is 310. The molecule has 21 heavy (non-hydrogen) atoms. The van der Waals surface area contributed by atoms with Crippen LogP contribution >= 0.6 is 0 Å². The molecule has 0 spiro atoms. The summed E-state index contributed by atoms with van der Waals surface area (Å²) in [4.78, 5) is 22.9. The number of nitrogens with zero attached hydrogens (tertiary/aromatic N) is 1. The maximum atomic E-state index is 12.1. The Kier molecular flexibility index (Phi) is 9.00. The van der Waals surface area contributed by atoms with Gasteiger partial charge in [0.1, 0.15) is 0 Å². The van der Waals surface area contributed by atoms with Crippen LogP contribution in [0.5, 0.6) is 0 Å². The van der Waals surface area contributed by atoms with Crippen molar-refractivity contribution in [3.05, 3.63) is 0 Å². The molecule has 0 aromatic carbocycles. The number of aliphatic carboxylic acids is 1. The van der Waals surface area contributed by atoms with Crippen molar-refractivity contribution in [3.63, 3.8) is 0 Å². The molecule has 7 heteroatoms. The van der Waals surface area contributed by atoms with Crippen LogP contribution in [0.25, 0.3) is 0 Å². The Morgan fingerprint density at radius 3 is 1.95 bits per heavy atom. The van der Waals surface area contributed by atoms with E-state index in [9.17, 15) is 9.90 Å². The number of carboxylic acids is 1. The molecule has 0 saturated carbocycles. The first kappa shape index (κ1) is 20.3. The van der Waals surface area contributed by atoms with Crippen molar-refractivity contribution in [2.75, 3.05) is 26.4 Å². The third kappa shape index (κ3) is 4.14. The summed E-state index contributed by atoms with van der Waals surface area (Å²) in [7, 11) is 0. The summed E-state index contributed by atoms with van der Waals surface area (Å²) in [5.41, 5.74) is 3.24. The molecule has 0 fully saturated rings. The molecule has 0 aliphatic carbocycles. The molecule has 0 bridgehead atoms. The summed E-state index contributed by atoms with van der Waals surface area (Å²) in [6.45, 7) is 9.84. The van der Waals surface area contributed by atoms with Crippen molar-refractivity contribution in [1.29, 1.82) is 0 Å². The molecule has 7 nitrogen and oxygen atoms in total. The van der Waals surface area contributed by atoms with Crippen molar-refractivity contribution in [1.82, 2.24) is 5.23 Å². The number of ether oxygens (including phenoxy) is 1. The van der Waals surface area contributed by atoms with E-state index in [1.54, 1.807) is 27.7 Å². The van der Waals surface area contributed by atoms with Gasteiger partial charge in [-0.2, -0.15) is 0 Å². The van der Waals surface area contributed by atoms with Crippen LogP contribution in [0.15, 0.2) is 0 Å². The molecule has 0 aromatic rings. The largest absolute Gasteiger partial charge is 0.478 e. The lowest BCUT2D eigenvalue weighted by Crippen LogP contribution is -2.67. The van der Waals surface area contributed by atoms with Gasteiger partial charge >= 0.3 is 5.97 Å². The van der Waals surface area contributed by atoms with Crippen molar-refractivity contribution < 1.29 is 24.3 Å². The van der Waals surface area contributed by atoms with E-state index in [0.29, 0.717) is 6.42 Å². The van der Waals surface area contributed by atoms with Crippen LogP contribution in [0.1, 0.15) is 47.5 Å². The normalized spacial score (nSPS) is 17.5. The van der Waals surface area contributed by atoms with Gasteiger partial charge in [0.2, 0.25) is 0 Å². The average molecular weight is 306 g/mol. The molecule has 0 aliphatic rings. The van der Waals surface area contributed by atoms with Crippen molar-refractivity contribution in [2.45, 2.75) is 53.2 Å². The van der Waals surface area contributed by atoms with Gasteiger partial charge in [-0.1, -0.05) is 20.3 Å². The van der Waals surface area contributed by atoms with Crippen LogP contribution in [0.2, 0.25) is 0 Å². The zero-order valence-electron chi connectivity index (χ0n) is 13.8. The predicted octanol–water partition coefficient (Wildman–Crippen LogP) is 1.77. The standard InChI is InChI=1S/C14H30N2O5/c1-6-10-13(5,11-15)14(12(17)18,19-7-2)16(20-8-3)21-9-4/h6-11,15H2,1-5H3,(H,17,18)/t13?,14-/m0/s1. The van der Waals surface area contributed by atoms with Gasteiger partial charge in [-0.05, 0) is 32.4 Å². The Hall–Kier alpha value is -0.730. The average Bonchev–Trinajstić information content (AvgIpc) is 2.44. The fraction of sp³-hybridized carbons (Fsp3) is 0.929. The van der Waals surface area contributed by atoms with Gasteiger partial charge in [-0.25, -0.2) is 4.79 Å². The second kappa shape index (κ2) is 9.32. The first-order valence-corrected chi connectivity index (χ1v) is 7.53.